The smallest absolute Gasteiger partial charge is 0.252 e. The lowest BCUT2D eigenvalue weighted by atomic mass is 10.00. The normalized spacial score (nSPS) is 12.6. The molecule has 7 heteroatoms. The van der Waals surface area contributed by atoms with Crippen LogP contribution >= 0.6 is 0 Å². The number of unbranched alkanes of at least 4 members (excludes halogenated alkanes) is 1. The van der Waals surface area contributed by atoms with Gasteiger partial charge in [-0.2, -0.15) is 0 Å². The first-order chi connectivity index (χ1) is 14.8. The van der Waals surface area contributed by atoms with Gasteiger partial charge in [0.1, 0.15) is 12.1 Å². The van der Waals surface area contributed by atoms with E-state index in [-0.39, 0.29) is 12.3 Å². The Kier molecular flexibility index (Phi) is 9.21. The van der Waals surface area contributed by atoms with Crippen LogP contribution in [0.25, 0.3) is 0 Å². The molecule has 0 aliphatic carbocycles. The molecule has 0 aliphatic rings. The summed E-state index contributed by atoms with van der Waals surface area (Å²) in [6.45, 7) is 4.21. The molecule has 0 bridgehead atoms. The third-order valence-electron chi connectivity index (χ3n) is 5.22. The molecule has 0 saturated carbocycles. The molecule has 3 amide bonds. The average molecular weight is 425 g/mol. The lowest BCUT2D eigenvalue weighted by Gasteiger charge is -2.23. The predicted octanol–water partition coefficient (Wildman–Crippen LogP) is 1.74. The van der Waals surface area contributed by atoms with Gasteiger partial charge >= 0.3 is 0 Å². The fraction of sp³-hybridized carbons (Fsp3) is 0.375. The van der Waals surface area contributed by atoms with E-state index in [2.05, 4.69) is 10.6 Å². The third kappa shape index (κ3) is 7.22. The first-order valence-electron chi connectivity index (χ1n) is 10.5. The van der Waals surface area contributed by atoms with E-state index in [0.717, 1.165) is 23.1 Å². The highest BCUT2D eigenvalue weighted by atomic mass is 16.2. The minimum Gasteiger partial charge on any atom is -0.368 e. The van der Waals surface area contributed by atoms with Crippen molar-refractivity contribution < 1.29 is 14.4 Å². The number of aryl methyl sites for hydroxylation is 2. The largest absolute Gasteiger partial charge is 0.368 e. The van der Waals surface area contributed by atoms with Gasteiger partial charge in [0.25, 0.3) is 5.91 Å². The number of nitrogens with one attached hydrogen (secondary N) is 2. The standard InChI is InChI=1S/C24H32N4O3/c1-16-9-8-10-17(2)21(16)24(31)28-20(15-18-11-4-3-5-12-18)23(30)27-19(22(26)29)13-6-7-14-25/h3-5,8-12,19-20H,6-7,13-15,25H2,1-2H3,(H2,26,29)(H,27,30)(H,28,31)/t19-,20-/m0/s1. The number of benzene rings is 2. The summed E-state index contributed by atoms with van der Waals surface area (Å²) in [6.07, 6.45) is 2.09. The second kappa shape index (κ2) is 11.9. The summed E-state index contributed by atoms with van der Waals surface area (Å²) in [5.41, 5.74) is 14.1. The minimum atomic E-state index is -0.856. The zero-order chi connectivity index (χ0) is 22.8. The Labute approximate surface area is 183 Å². The van der Waals surface area contributed by atoms with Crippen LogP contribution in [0, 0.1) is 13.8 Å². The summed E-state index contributed by atoms with van der Waals surface area (Å²) in [5.74, 6) is -1.38. The maximum atomic E-state index is 13.1. The van der Waals surface area contributed by atoms with Crippen LogP contribution < -0.4 is 22.1 Å². The molecule has 0 aromatic heterocycles. The molecular weight excluding hydrogens is 392 g/mol. The predicted molar refractivity (Wildman–Crippen MR) is 121 cm³/mol. The minimum absolute atomic E-state index is 0.289. The molecule has 0 spiro atoms. The van der Waals surface area contributed by atoms with E-state index in [1.165, 1.54) is 0 Å². The number of carbonyl (C=O) groups excluding carboxylic acids is 3. The topological polar surface area (TPSA) is 127 Å². The zero-order valence-corrected chi connectivity index (χ0v) is 18.2. The molecule has 2 atom stereocenters. The number of primary amides is 1. The Bertz CT molecular complexity index is 879. The molecule has 0 aliphatic heterocycles. The lowest BCUT2D eigenvalue weighted by molar-refractivity contribution is -0.128. The van der Waals surface area contributed by atoms with Crippen LogP contribution in [0.1, 0.15) is 46.3 Å². The van der Waals surface area contributed by atoms with Gasteiger partial charge in [-0.1, -0.05) is 48.5 Å². The van der Waals surface area contributed by atoms with Crippen molar-refractivity contribution in [1.82, 2.24) is 10.6 Å². The van der Waals surface area contributed by atoms with E-state index in [0.29, 0.717) is 24.9 Å². The Morgan fingerprint density at radius 1 is 0.871 bits per heavy atom. The van der Waals surface area contributed by atoms with E-state index >= 15 is 0 Å². The van der Waals surface area contributed by atoms with Gasteiger partial charge in [0.05, 0.1) is 0 Å². The summed E-state index contributed by atoms with van der Waals surface area (Å²) in [7, 11) is 0. The molecule has 31 heavy (non-hydrogen) atoms. The lowest BCUT2D eigenvalue weighted by Crippen LogP contribution is -2.53. The molecule has 2 rings (SSSR count). The van der Waals surface area contributed by atoms with Crippen molar-refractivity contribution >= 4 is 17.7 Å². The Morgan fingerprint density at radius 3 is 2.10 bits per heavy atom. The van der Waals surface area contributed by atoms with Crippen molar-refractivity contribution in [1.29, 1.82) is 0 Å². The van der Waals surface area contributed by atoms with Crippen molar-refractivity contribution in [2.24, 2.45) is 11.5 Å². The summed E-state index contributed by atoms with van der Waals surface area (Å²) in [4.78, 5) is 37.9. The highest BCUT2D eigenvalue weighted by Gasteiger charge is 2.27. The average Bonchev–Trinajstić information content (AvgIpc) is 2.73. The Morgan fingerprint density at radius 2 is 1.52 bits per heavy atom. The van der Waals surface area contributed by atoms with Gasteiger partial charge in [-0.25, -0.2) is 0 Å². The summed E-state index contributed by atoms with van der Waals surface area (Å²) >= 11 is 0. The number of nitrogens with two attached hydrogens (primary N) is 2. The van der Waals surface area contributed by atoms with E-state index < -0.39 is 23.9 Å². The van der Waals surface area contributed by atoms with Crippen LogP contribution in [0.5, 0.6) is 0 Å². The fourth-order valence-corrected chi connectivity index (χ4v) is 3.51. The SMILES string of the molecule is Cc1cccc(C)c1C(=O)N[C@@H](Cc1ccccc1)C(=O)N[C@@H](CCCCN)C(N)=O. The fourth-order valence-electron chi connectivity index (χ4n) is 3.51. The zero-order valence-electron chi connectivity index (χ0n) is 18.2. The van der Waals surface area contributed by atoms with Crippen molar-refractivity contribution in [3.05, 3.63) is 70.8 Å². The van der Waals surface area contributed by atoms with Crippen LogP contribution in [0.15, 0.2) is 48.5 Å². The molecule has 0 saturated heterocycles. The van der Waals surface area contributed by atoms with Gasteiger partial charge in [-0.15, -0.1) is 0 Å². The van der Waals surface area contributed by atoms with Gasteiger partial charge in [0.2, 0.25) is 11.8 Å². The van der Waals surface area contributed by atoms with Gasteiger partial charge in [0.15, 0.2) is 0 Å². The second-order valence-corrected chi connectivity index (χ2v) is 7.73. The number of hydrogen-bond acceptors (Lipinski definition) is 4. The van der Waals surface area contributed by atoms with Crippen molar-refractivity contribution in [2.75, 3.05) is 6.54 Å². The van der Waals surface area contributed by atoms with Crippen LogP contribution in [-0.2, 0) is 16.0 Å². The van der Waals surface area contributed by atoms with Crippen LogP contribution in [-0.4, -0.2) is 36.3 Å². The Balaban J connectivity index is 2.22. The first-order valence-corrected chi connectivity index (χ1v) is 10.5. The van der Waals surface area contributed by atoms with Gasteiger partial charge in [0, 0.05) is 12.0 Å². The highest BCUT2D eigenvalue weighted by Crippen LogP contribution is 2.14. The van der Waals surface area contributed by atoms with E-state index in [1.807, 2.05) is 62.4 Å². The number of rotatable bonds is 11. The number of carbonyl (C=O) groups is 3. The Hall–Kier alpha value is -3.19. The highest BCUT2D eigenvalue weighted by molar-refractivity contribution is 6.00. The molecule has 7 nitrogen and oxygen atoms in total. The van der Waals surface area contributed by atoms with E-state index in [1.54, 1.807) is 0 Å². The van der Waals surface area contributed by atoms with Gasteiger partial charge in [-0.05, 0) is 56.3 Å². The second-order valence-electron chi connectivity index (χ2n) is 7.73. The van der Waals surface area contributed by atoms with Gasteiger partial charge in [-0.3, -0.25) is 14.4 Å². The molecule has 6 N–H and O–H groups in total. The van der Waals surface area contributed by atoms with Gasteiger partial charge < -0.3 is 22.1 Å². The van der Waals surface area contributed by atoms with E-state index in [9.17, 15) is 14.4 Å². The van der Waals surface area contributed by atoms with E-state index in [4.69, 9.17) is 11.5 Å². The first kappa shape index (κ1) is 24.1. The molecule has 166 valence electrons. The monoisotopic (exact) mass is 424 g/mol. The molecule has 2 aromatic carbocycles. The van der Waals surface area contributed by atoms with Crippen molar-refractivity contribution in [3.63, 3.8) is 0 Å². The van der Waals surface area contributed by atoms with Crippen molar-refractivity contribution in [3.8, 4) is 0 Å². The number of amides is 3. The molecule has 2 aromatic rings. The summed E-state index contributed by atoms with van der Waals surface area (Å²) in [5, 5.41) is 5.56. The molecule has 0 heterocycles. The molecule has 0 fully saturated rings. The number of hydrogen-bond donors (Lipinski definition) is 4. The summed E-state index contributed by atoms with van der Waals surface area (Å²) in [6, 6.07) is 13.3. The van der Waals surface area contributed by atoms with Crippen LogP contribution in [0.2, 0.25) is 0 Å². The summed E-state index contributed by atoms with van der Waals surface area (Å²) < 4.78 is 0. The maximum absolute atomic E-state index is 13.1. The van der Waals surface area contributed by atoms with Crippen molar-refractivity contribution in [2.45, 2.75) is 51.6 Å². The molecule has 0 radical (unpaired) electrons. The maximum Gasteiger partial charge on any atom is 0.252 e. The van der Waals surface area contributed by atoms with Crippen LogP contribution in [0.4, 0.5) is 0 Å². The quantitative estimate of drug-likeness (QED) is 0.410. The van der Waals surface area contributed by atoms with Crippen LogP contribution in [0.3, 0.4) is 0 Å². The molecule has 0 unspecified atom stereocenters. The molecular formula is C24H32N4O3. The third-order valence-corrected chi connectivity index (χ3v) is 5.22.